The Hall–Kier alpha value is -1.41. The molecule has 1 N–H and O–H groups in total. The van der Waals surface area contributed by atoms with Crippen LogP contribution in [0.25, 0.3) is 10.2 Å². The number of nitrogens with one attached hydrogen (secondary N) is 1. The Bertz CT molecular complexity index is 719. The third-order valence-electron chi connectivity index (χ3n) is 3.79. The number of hydrogen-bond donors (Lipinski definition) is 1. The molecule has 130 valence electrons. The molecule has 8 heteroatoms. The van der Waals surface area contributed by atoms with E-state index in [-0.39, 0.29) is 6.10 Å². The molecule has 0 aliphatic carbocycles. The van der Waals surface area contributed by atoms with Gasteiger partial charge >= 0.3 is 0 Å². The Morgan fingerprint density at radius 2 is 2.46 bits per heavy atom. The molecule has 1 saturated heterocycles. The molecule has 2 aromatic rings. The van der Waals surface area contributed by atoms with Gasteiger partial charge in [0.25, 0.3) is 0 Å². The maximum Gasteiger partial charge on any atom is 0.194 e. The highest BCUT2D eigenvalue weighted by atomic mass is 35.5. The number of halogens is 1. The van der Waals surface area contributed by atoms with Crippen molar-refractivity contribution in [1.29, 1.82) is 0 Å². The van der Waals surface area contributed by atoms with Crippen LogP contribution in [0.1, 0.15) is 5.01 Å². The van der Waals surface area contributed by atoms with Crippen molar-refractivity contribution in [2.24, 2.45) is 4.99 Å². The smallest absolute Gasteiger partial charge is 0.194 e. The largest absolute Gasteiger partial charge is 0.382 e. The van der Waals surface area contributed by atoms with Crippen molar-refractivity contribution in [1.82, 2.24) is 15.2 Å². The van der Waals surface area contributed by atoms with Gasteiger partial charge in [0.15, 0.2) is 5.96 Å². The summed E-state index contributed by atoms with van der Waals surface area (Å²) in [6, 6.07) is 5.79. The van der Waals surface area contributed by atoms with Crippen LogP contribution in [0.4, 0.5) is 0 Å². The predicted octanol–water partition coefficient (Wildman–Crippen LogP) is 2.37. The molecule has 6 nitrogen and oxygen atoms in total. The van der Waals surface area contributed by atoms with Crippen molar-refractivity contribution in [3.8, 4) is 0 Å². The molecule has 0 saturated carbocycles. The fraction of sp³-hybridized carbons (Fsp3) is 0.500. The lowest BCUT2D eigenvalue weighted by Gasteiger charge is -2.34. The van der Waals surface area contributed by atoms with Gasteiger partial charge in [0.1, 0.15) is 5.01 Å². The zero-order chi connectivity index (χ0) is 16.9. The lowest BCUT2D eigenvalue weighted by atomic mass is 10.3. The molecule has 1 aliphatic heterocycles. The van der Waals surface area contributed by atoms with E-state index < -0.39 is 0 Å². The molecule has 1 fully saturated rings. The maximum atomic E-state index is 6.02. The summed E-state index contributed by atoms with van der Waals surface area (Å²) in [5.41, 5.74) is 0.936. The summed E-state index contributed by atoms with van der Waals surface area (Å²) >= 11 is 7.68. The minimum Gasteiger partial charge on any atom is -0.382 e. The number of aliphatic imine (C=N–C) groups is 1. The number of guanidine groups is 1. The molecular weight excluding hydrogens is 348 g/mol. The minimum absolute atomic E-state index is 0.0758. The van der Waals surface area contributed by atoms with Crippen molar-refractivity contribution in [3.63, 3.8) is 0 Å². The minimum atomic E-state index is 0.0758. The van der Waals surface area contributed by atoms with E-state index in [1.165, 1.54) is 0 Å². The van der Waals surface area contributed by atoms with Crippen molar-refractivity contribution in [2.45, 2.75) is 12.6 Å². The Morgan fingerprint density at radius 3 is 3.25 bits per heavy atom. The van der Waals surface area contributed by atoms with Gasteiger partial charge in [-0.3, -0.25) is 4.99 Å². The predicted molar refractivity (Wildman–Crippen MR) is 98.0 cm³/mol. The molecule has 1 aromatic heterocycles. The zero-order valence-electron chi connectivity index (χ0n) is 13.8. The van der Waals surface area contributed by atoms with Crippen molar-refractivity contribution >= 4 is 39.1 Å². The monoisotopic (exact) mass is 368 g/mol. The summed E-state index contributed by atoms with van der Waals surface area (Å²) in [6.45, 7) is 3.48. The molecule has 3 rings (SSSR count). The van der Waals surface area contributed by atoms with Gasteiger partial charge in [-0.15, -0.1) is 11.3 Å². The Morgan fingerprint density at radius 1 is 1.58 bits per heavy atom. The number of nitrogens with zero attached hydrogens (tertiary/aromatic N) is 3. The van der Waals surface area contributed by atoms with Gasteiger partial charge in [-0.25, -0.2) is 4.98 Å². The second kappa shape index (κ2) is 8.11. The molecule has 1 atom stereocenters. The van der Waals surface area contributed by atoms with Gasteiger partial charge in [-0.1, -0.05) is 11.6 Å². The van der Waals surface area contributed by atoms with E-state index in [2.05, 4.69) is 20.2 Å². The summed E-state index contributed by atoms with van der Waals surface area (Å²) in [6.07, 6.45) is 0.0758. The molecule has 0 spiro atoms. The van der Waals surface area contributed by atoms with Crippen molar-refractivity contribution in [3.05, 3.63) is 28.2 Å². The normalized spacial score (nSPS) is 19.0. The highest BCUT2D eigenvalue weighted by molar-refractivity contribution is 7.18. The Kier molecular flexibility index (Phi) is 5.89. The van der Waals surface area contributed by atoms with Gasteiger partial charge in [0, 0.05) is 32.3 Å². The summed E-state index contributed by atoms with van der Waals surface area (Å²) in [7, 11) is 3.48. The van der Waals surface area contributed by atoms with E-state index >= 15 is 0 Å². The Labute approximate surface area is 150 Å². The van der Waals surface area contributed by atoms with Crippen LogP contribution >= 0.6 is 22.9 Å². The quantitative estimate of drug-likeness (QED) is 0.663. The number of rotatable bonds is 4. The van der Waals surface area contributed by atoms with E-state index in [1.807, 2.05) is 18.2 Å². The van der Waals surface area contributed by atoms with Crippen molar-refractivity contribution < 1.29 is 9.47 Å². The molecule has 0 radical (unpaired) electrons. The average molecular weight is 369 g/mol. The number of morpholine rings is 1. The van der Waals surface area contributed by atoms with Crippen LogP contribution in [0.3, 0.4) is 0 Å². The van der Waals surface area contributed by atoms with E-state index in [1.54, 1.807) is 25.5 Å². The maximum absolute atomic E-state index is 6.02. The van der Waals surface area contributed by atoms with Gasteiger partial charge in [0.05, 0.1) is 36.1 Å². The van der Waals surface area contributed by atoms with Gasteiger partial charge in [0.2, 0.25) is 0 Å². The number of fused-ring (bicyclic) bond motifs is 1. The first-order chi connectivity index (χ1) is 11.7. The number of ether oxygens (including phenoxy) is 2. The summed E-state index contributed by atoms with van der Waals surface area (Å²) in [4.78, 5) is 11.2. The molecule has 1 aliphatic rings. The first kappa shape index (κ1) is 17.4. The van der Waals surface area contributed by atoms with E-state index in [0.717, 1.165) is 34.3 Å². The standard InChI is InChI=1S/C16H21ClN4O2S/c1-18-16(21-5-6-23-12(9-21)10-22-2)19-8-15-20-13-7-11(17)3-4-14(13)24-15/h3-4,7,12H,5-6,8-10H2,1-2H3,(H,18,19). The van der Waals surface area contributed by atoms with Crippen LogP contribution in [0.2, 0.25) is 5.02 Å². The second-order valence-electron chi connectivity index (χ2n) is 5.51. The number of hydrogen-bond acceptors (Lipinski definition) is 5. The highest BCUT2D eigenvalue weighted by Crippen LogP contribution is 2.24. The van der Waals surface area contributed by atoms with Gasteiger partial charge in [-0.05, 0) is 18.2 Å². The summed E-state index contributed by atoms with van der Waals surface area (Å²) in [5, 5.41) is 5.11. The molecule has 2 heterocycles. The van der Waals surface area contributed by atoms with Gasteiger partial charge < -0.3 is 19.7 Å². The topological polar surface area (TPSA) is 59.0 Å². The first-order valence-corrected chi connectivity index (χ1v) is 9.00. The van der Waals surface area contributed by atoms with E-state index in [0.29, 0.717) is 24.8 Å². The molecule has 0 amide bonds. The van der Waals surface area contributed by atoms with Crippen LogP contribution in [0.15, 0.2) is 23.2 Å². The first-order valence-electron chi connectivity index (χ1n) is 7.80. The van der Waals surface area contributed by atoms with E-state index in [4.69, 9.17) is 21.1 Å². The molecule has 1 aromatic carbocycles. The van der Waals surface area contributed by atoms with Crippen LogP contribution in [0, 0.1) is 0 Å². The van der Waals surface area contributed by atoms with Crippen molar-refractivity contribution in [2.75, 3.05) is 40.5 Å². The number of methoxy groups -OCH3 is 1. The lowest BCUT2D eigenvalue weighted by Crippen LogP contribution is -2.51. The summed E-state index contributed by atoms with van der Waals surface area (Å²) in [5.74, 6) is 0.858. The summed E-state index contributed by atoms with van der Waals surface area (Å²) < 4.78 is 12.0. The van der Waals surface area contributed by atoms with Crippen LogP contribution in [0.5, 0.6) is 0 Å². The zero-order valence-corrected chi connectivity index (χ0v) is 15.4. The fourth-order valence-corrected chi connectivity index (χ4v) is 3.76. The van der Waals surface area contributed by atoms with Crippen LogP contribution < -0.4 is 5.32 Å². The SMILES string of the molecule is CN=C(NCc1nc2cc(Cl)ccc2s1)N1CCOC(COC)C1. The molecule has 24 heavy (non-hydrogen) atoms. The average Bonchev–Trinajstić information content (AvgIpc) is 2.98. The van der Waals surface area contributed by atoms with Crippen LogP contribution in [-0.4, -0.2) is 62.4 Å². The Balaban J connectivity index is 1.62. The van der Waals surface area contributed by atoms with E-state index in [9.17, 15) is 0 Å². The number of aromatic nitrogens is 1. The second-order valence-corrected chi connectivity index (χ2v) is 7.07. The number of benzene rings is 1. The molecule has 1 unspecified atom stereocenters. The molecular formula is C16H21ClN4O2S. The fourth-order valence-electron chi connectivity index (χ4n) is 2.71. The highest BCUT2D eigenvalue weighted by Gasteiger charge is 2.22. The lowest BCUT2D eigenvalue weighted by molar-refractivity contribution is -0.0447. The number of thiazole rings is 1. The third kappa shape index (κ3) is 4.16. The van der Waals surface area contributed by atoms with Gasteiger partial charge in [-0.2, -0.15) is 0 Å². The third-order valence-corrected chi connectivity index (χ3v) is 5.07. The van der Waals surface area contributed by atoms with Crippen LogP contribution in [-0.2, 0) is 16.0 Å². The molecule has 0 bridgehead atoms.